The van der Waals surface area contributed by atoms with Gasteiger partial charge in [-0.1, -0.05) is 6.92 Å². The van der Waals surface area contributed by atoms with Crippen molar-refractivity contribution in [1.82, 2.24) is 5.32 Å². The summed E-state index contributed by atoms with van der Waals surface area (Å²) >= 11 is 0. The summed E-state index contributed by atoms with van der Waals surface area (Å²) in [5.74, 6) is -0.536. The summed E-state index contributed by atoms with van der Waals surface area (Å²) in [7, 11) is 0. The molecule has 1 unspecified atom stereocenters. The number of carbonyl (C=O) groups excluding carboxylic acids is 2. The van der Waals surface area contributed by atoms with E-state index < -0.39 is 5.54 Å². The second-order valence-electron chi connectivity index (χ2n) is 4.78. The lowest BCUT2D eigenvalue weighted by Crippen LogP contribution is -2.47. The molecule has 0 aromatic heterocycles. The lowest BCUT2D eigenvalue weighted by atomic mass is 9.99. The SMILES string of the molecule is CCC(C)(N)C(=O)Nc1ccc(C(=O)NCCO)cc1. The Morgan fingerprint density at radius 1 is 1.30 bits per heavy atom. The van der Waals surface area contributed by atoms with Gasteiger partial charge >= 0.3 is 0 Å². The fourth-order valence-corrected chi connectivity index (χ4v) is 1.41. The van der Waals surface area contributed by atoms with Gasteiger partial charge in [0.25, 0.3) is 5.91 Å². The van der Waals surface area contributed by atoms with Crippen LogP contribution in [0.25, 0.3) is 0 Å². The summed E-state index contributed by atoms with van der Waals surface area (Å²) in [6.45, 7) is 3.61. The Balaban J connectivity index is 2.68. The largest absolute Gasteiger partial charge is 0.395 e. The minimum absolute atomic E-state index is 0.105. The van der Waals surface area contributed by atoms with Crippen molar-refractivity contribution in [2.45, 2.75) is 25.8 Å². The number of anilines is 1. The van der Waals surface area contributed by atoms with Crippen molar-refractivity contribution in [3.05, 3.63) is 29.8 Å². The molecule has 0 heterocycles. The highest BCUT2D eigenvalue weighted by molar-refractivity contribution is 5.98. The van der Waals surface area contributed by atoms with Crippen LogP contribution in [-0.2, 0) is 4.79 Å². The van der Waals surface area contributed by atoms with Crippen LogP contribution in [0, 0.1) is 0 Å². The number of aliphatic hydroxyl groups is 1. The number of carbonyl (C=O) groups is 2. The molecule has 6 nitrogen and oxygen atoms in total. The van der Waals surface area contributed by atoms with E-state index in [9.17, 15) is 9.59 Å². The maximum Gasteiger partial charge on any atom is 0.251 e. The zero-order valence-corrected chi connectivity index (χ0v) is 11.8. The van der Waals surface area contributed by atoms with Crippen LogP contribution in [0.3, 0.4) is 0 Å². The highest BCUT2D eigenvalue weighted by atomic mass is 16.3. The molecule has 6 heteroatoms. The molecule has 0 spiro atoms. The number of nitrogens with two attached hydrogens (primary N) is 1. The van der Waals surface area contributed by atoms with Crippen LogP contribution >= 0.6 is 0 Å². The van der Waals surface area contributed by atoms with Gasteiger partial charge in [0.1, 0.15) is 0 Å². The van der Waals surface area contributed by atoms with Crippen LogP contribution in [0.1, 0.15) is 30.6 Å². The average molecular weight is 279 g/mol. The third kappa shape index (κ3) is 4.32. The Morgan fingerprint density at radius 2 is 1.90 bits per heavy atom. The second-order valence-corrected chi connectivity index (χ2v) is 4.78. The molecule has 1 rings (SSSR count). The van der Waals surface area contributed by atoms with Crippen LogP contribution in [0.5, 0.6) is 0 Å². The predicted octanol–water partition coefficient (Wildman–Crippen LogP) is 0.475. The fraction of sp³-hybridized carbons (Fsp3) is 0.429. The first-order valence-electron chi connectivity index (χ1n) is 6.50. The van der Waals surface area contributed by atoms with Gasteiger partial charge in [0.2, 0.25) is 5.91 Å². The molecule has 0 aliphatic rings. The predicted molar refractivity (Wildman–Crippen MR) is 77.4 cm³/mol. The minimum atomic E-state index is -0.919. The number of amides is 2. The Labute approximate surface area is 118 Å². The summed E-state index contributed by atoms with van der Waals surface area (Å²) in [6.07, 6.45) is 0.528. The molecule has 1 aromatic carbocycles. The van der Waals surface area contributed by atoms with Crippen LogP contribution in [0.4, 0.5) is 5.69 Å². The first kappa shape index (κ1) is 16.1. The van der Waals surface area contributed by atoms with Gasteiger partial charge < -0.3 is 21.5 Å². The average Bonchev–Trinajstić information content (AvgIpc) is 2.45. The normalized spacial score (nSPS) is 13.4. The number of hydrogen-bond acceptors (Lipinski definition) is 4. The number of hydrogen-bond donors (Lipinski definition) is 4. The number of rotatable bonds is 6. The molecular formula is C14H21N3O3. The van der Waals surface area contributed by atoms with Gasteiger partial charge in [-0.25, -0.2) is 0 Å². The van der Waals surface area contributed by atoms with Crippen molar-refractivity contribution >= 4 is 17.5 Å². The van der Waals surface area contributed by atoms with Gasteiger partial charge in [-0.05, 0) is 37.6 Å². The van der Waals surface area contributed by atoms with E-state index in [1.165, 1.54) is 0 Å². The molecule has 110 valence electrons. The van der Waals surface area contributed by atoms with Gasteiger partial charge in [-0.3, -0.25) is 9.59 Å². The van der Waals surface area contributed by atoms with E-state index >= 15 is 0 Å². The topological polar surface area (TPSA) is 104 Å². The Hall–Kier alpha value is -1.92. The quantitative estimate of drug-likeness (QED) is 0.607. The van der Waals surface area contributed by atoms with Crippen molar-refractivity contribution < 1.29 is 14.7 Å². The lowest BCUT2D eigenvalue weighted by molar-refractivity contribution is -0.120. The summed E-state index contributed by atoms with van der Waals surface area (Å²) in [5, 5.41) is 13.9. The Kier molecular flexibility index (Phi) is 5.66. The minimum Gasteiger partial charge on any atom is -0.395 e. The summed E-state index contributed by atoms with van der Waals surface area (Å²) in [4.78, 5) is 23.5. The van der Waals surface area contributed by atoms with E-state index in [1.807, 2.05) is 6.92 Å². The Morgan fingerprint density at radius 3 is 2.40 bits per heavy atom. The molecule has 1 atom stereocenters. The third-order valence-corrected chi connectivity index (χ3v) is 3.06. The number of nitrogens with one attached hydrogen (secondary N) is 2. The third-order valence-electron chi connectivity index (χ3n) is 3.06. The van der Waals surface area contributed by atoms with Crippen molar-refractivity contribution in [2.24, 2.45) is 5.73 Å². The maximum atomic E-state index is 11.9. The number of benzene rings is 1. The van der Waals surface area contributed by atoms with Gasteiger partial charge in [-0.2, -0.15) is 0 Å². The monoisotopic (exact) mass is 279 g/mol. The maximum absolute atomic E-state index is 11.9. The Bertz CT molecular complexity index is 469. The van der Waals surface area contributed by atoms with E-state index in [0.717, 1.165) is 0 Å². The van der Waals surface area contributed by atoms with E-state index in [-0.39, 0.29) is 25.0 Å². The summed E-state index contributed by atoms with van der Waals surface area (Å²) < 4.78 is 0. The van der Waals surface area contributed by atoms with Crippen LogP contribution in [-0.4, -0.2) is 35.6 Å². The fourth-order valence-electron chi connectivity index (χ4n) is 1.41. The van der Waals surface area contributed by atoms with E-state index in [0.29, 0.717) is 17.7 Å². The molecule has 0 bridgehead atoms. The highest BCUT2D eigenvalue weighted by Crippen LogP contribution is 2.13. The van der Waals surface area contributed by atoms with Gasteiger partial charge in [0.15, 0.2) is 0 Å². The summed E-state index contributed by atoms with van der Waals surface area (Å²) in [6, 6.07) is 6.47. The zero-order chi connectivity index (χ0) is 15.2. The lowest BCUT2D eigenvalue weighted by Gasteiger charge is -2.21. The molecule has 0 aliphatic heterocycles. The second kappa shape index (κ2) is 7.02. The smallest absolute Gasteiger partial charge is 0.251 e. The molecule has 0 radical (unpaired) electrons. The van der Waals surface area contributed by atoms with Crippen molar-refractivity contribution in [2.75, 3.05) is 18.5 Å². The van der Waals surface area contributed by atoms with E-state index in [2.05, 4.69) is 10.6 Å². The molecule has 2 amide bonds. The highest BCUT2D eigenvalue weighted by Gasteiger charge is 2.25. The molecule has 5 N–H and O–H groups in total. The molecule has 20 heavy (non-hydrogen) atoms. The van der Waals surface area contributed by atoms with Gasteiger partial charge in [0, 0.05) is 17.8 Å². The van der Waals surface area contributed by atoms with Gasteiger partial charge in [0.05, 0.1) is 12.1 Å². The first-order chi connectivity index (χ1) is 9.40. The van der Waals surface area contributed by atoms with Crippen molar-refractivity contribution in [1.29, 1.82) is 0 Å². The van der Waals surface area contributed by atoms with Gasteiger partial charge in [-0.15, -0.1) is 0 Å². The van der Waals surface area contributed by atoms with Crippen LogP contribution in [0.15, 0.2) is 24.3 Å². The van der Waals surface area contributed by atoms with Crippen LogP contribution < -0.4 is 16.4 Å². The van der Waals surface area contributed by atoms with Crippen LogP contribution in [0.2, 0.25) is 0 Å². The van der Waals surface area contributed by atoms with E-state index in [4.69, 9.17) is 10.8 Å². The first-order valence-corrected chi connectivity index (χ1v) is 6.50. The molecule has 0 saturated carbocycles. The summed E-state index contributed by atoms with van der Waals surface area (Å²) in [5.41, 5.74) is 5.96. The van der Waals surface area contributed by atoms with Crippen molar-refractivity contribution in [3.8, 4) is 0 Å². The molecule has 1 aromatic rings. The molecular weight excluding hydrogens is 258 g/mol. The molecule has 0 fully saturated rings. The molecule has 0 saturated heterocycles. The van der Waals surface area contributed by atoms with E-state index in [1.54, 1.807) is 31.2 Å². The van der Waals surface area contributed by atoms with Crippen molar-refractivity contribution in [3.63, 3.8) is 0 Å². The standard InChI is InChI=1S/C14H21N3O3/c1-3-14(2,15)13(20)17-11-6-4-10(5-7-11)12(19)16-8-9-18/h4-7,18H,3,8-9,15H2,1-2H3,(H,16,19)(H,17,20). The zero-order valence-electron chi connectivity index (χ0n) is 11.8. The number of aliphatic hydroxyl groups excluding tert-OH is 1. The molecule has 0 aliphatic carbocycles.